The van der Waals surface area contributed by atoms with Crippen molar-refractivity contribution in [1.29, 1.82) is 0 Å². The molecule has 19 heavy (non-hydrogen) atoms. The van der Waals surface area contributed by atoms with E-state index in [1.807, 2.05) is 13.8 Å². The zero-order valence-electron chi connectivity index (χ0n) is 11.3. The van der Waals surface area contributed by atoms with Gasteiger partial charge in [0, 0.05) is 23.5 Å². The van der Waals surface area contributed by atoms with Crippen molar-refractivity contribution >= 4 is 11.9 Å². The monoisotopic (exact) mass is 265 g/mol. The van der Waals surface area contributed by atoms with Gasteiger partial charge in [-0.25, -0.2) is 4.79 Å². The molecule has 0 aliphatic rings. The van der Waals surface area contributed by atoms with Gasteiger partial charge in [-0.2, -0.15) is 0 Å². The molecule has 0 saturated carbocycles. The average molecular weight is 265 g/mol. The summed E-state index contributed by atoms with van der Waals surface area (Å²) in [7, 11) is 0. The molecule has 5 heteroatoms. The van der Waals surface area contributed by atoms with E-state index in [2.05, 4.69) is 11.6 Å². The maximum atomic E-state index is 11.6. The van der Waals surface area contributed by atoms with Gasteiger partial charge >= 0.3 is 11.9 Å². The smallest absolute Gasteiger partial charge is 0.333 e. The predicted octanol–water partition coefficient (Wildman–Crippen LogP) is 2.52. The molecule has 0 aromatic carbocycles. The molecule has 0 unspecified atom stereocenters. The van der Waals surface area contributed by atoms with Crippen LogP contribution in [0, 0.1) is 6.92 Å². The lowest BCUT2D eigenvalue weighted by Gasteiger charge is -2.06. The molecule has 1 N–H and O–H groups in total. The Morgan fingerprint density at radius 3 is 2.74 bits per heavy atom. The molecule has 0 bridgehead atoms. The normalized spacial score (nSPS) is 10.0. The minimum Gasteiger partial charge on any atom is -0.462 e. The quantitative estimate of drug-likeness (QED) is 0.467. The third-order valence-corrected chi connectivity index (χ3v) is 2.41. The zero-order valence-corrected chi connectivity index (χ0v) is 11.3. The summed E-state index contributed by atoms with van der Waals surface area (Å²) < 4.78 is 9.99. The highest BCUT2D eigenvalue weighted by molar-refractivity contribution is 5.93. The summed E-state index contributed by atoms with van der Waals surface area (Å²) in [4.78, 5) is 25.9. The van der Waals surface area contributed by atoms with Crippen molar-refractivity contribution in [2.24, 2.45) is 0 Å². The Morgan fingerprint density at radius 1 is 1.42 bits per heavy atom. The number of hydrogen-bond acceptors (Lipinski definition) is 4. The van der Waals surface area contributed by atoms with Gasteiger partial charge in [0.15, 0.2) is 0 Å². The number of H-pyrrole nitrogens is 1. The topological polar surface area (TPSA) is 68.4 Å². The van der Waals surface area contributed by atoms with Crippen LogP contribution in [0.5, 0.6) is 5.75 Å². The van der Waals surface area contributed by atoms with E-state index in [-0.39, 0.29) is 12.0 Å². The van der Waals surface area contributed by atoms with Crippen molar-refractivity contribution in [2.75, 3.05) is 6.61 Å². The van der Waals surface area contributed by atoms with Gasteiger partial charge in [-0.1, -0.05) is 19.9 Å². The van der Waals surface area contributed by atoms with Gasteiger partial charge in [-0.3, -0.25) is 4.79 Å². The van der Waals surface area contributed by atoms with E-state index in [9.17, 15) is 9.59 Å². The van der Waals surface area contributed by atoms with Crippen LogP contribution in [-0.4, -0.2) is 23.5 Å². The van der Waals surface area contributed by atoms with Crippen molar-refractivity contribution in [3.05, 3.63) is 30.1 Å². The summed E-state index contributed by atoms with van der Waals surface area (Å²) >= 11 is 0. The molecule has 1 rings (SSSR count). The number of ether oxygens (including phenoxy) is 2. The van der Waals surface area contributed by atoms with Crippen molar-refractivity contribution in [3.63, 3.8) is 0 Å². The van der Waals surface area contributed by atoms with Crippen LogP contribution in [0.1, 0.15) is 31.9 Å². The van der Waals surface area contributed by atoms with Gasteiger partial charge in [0.1, 0.15) is 5.75 Å². The lowest BCUT2D eigenvalue weighted by atomic mass is 10.2. The van der Waals surface area contributed by atoms with Crippen LogP contribution in [0.25, 0.3) is 0 Å². The van der Waals surface area contributed by atoms with E-state index >= 15 is 0 Å². The van der Waals surface area contributed by atoms with Crippen LogP contribution in [0.2, 0.25) is 0 Å². The number of aromatic nitrogens is 1. The SMILES string of the molecule is C=C(CC(=O)Oc1c[nH]c(C)c1)C(=O)OCCCC. The second-order valence-corrected chi connectivity index (χ2v) is 4.26. The van der Waals surface area contributed by atoms with Crippen LogP contribution in [0.3, 0.4) is 0 Å². The van der Waals surface area contributed by atoms with Crippen molar-refractivity contribution < 1.29 is 19.1 Å². The Bertz CT molecular complexity index is 462. The van der Waals surface area contributed by atoms with Gasteiger partial charge in [-0.05, 0) is 13.3 Å². The van der Waals surface area contributed by atoms with Crippen LogP contribution in [0.15, 0.2) is 24.4 Å². The Hall–Kier alpha value is -2.04. The number of hydrogen-bond donors (Lipinski definition) is 1. The number of esters is 2. The number of carbonyl (C=O) groups excluding carboxylic acids is 2. The maximum Gasteiger partial charge on any atom is 0.333 e. The predicted molar refractivity (Wildman–Crippen MR) is 70.8 cm³/mol. The molecule has 1 aromatic rings. The second-order valence-electron chi connectivity index (χ2n) is 4.26. The molecule has 0 amide bonds. The summed E-state index contributed by atoms with van der Waals surface area (Å²) in [5.74, 6) is -0.651. The van der Waals surface area contributed by atoms with Gasteiger partial charge in [0.25, 0.3) is 0 Å². The van der Waals surface area contributed by atoms with Gasteiger partial charge in [0.2, 0.25) is 0 Å². The summed E-state index contributed by atoms with van der Waals surface area (Å²) in [5.41, 5.74) is 0.994. The highest BCUT2D eigenvalue weighted by atomic mass is 16.5. The second kappa shape index (κ2) is 7.41. The number of aromatic amines is 1. The Balaban J connectivity index is 2.35. The van der Waals surface area contributed by atoms with E-state index in [1.165, 1.54) is 0 Å². The Labute approximate surface area is 112 Å². The molecule has 0 aliphatic carbocycles. The van der Waals surface area contributed by atoms with Crippen molar-refractivity contribution in [3.8, 4) is 5.75 Å². The van der Waals surface area contributed by atoms with E-state index < -0.39 is 11.9 Å². The average Bonchev–Trinajstić information content (AvgIpc) is 2.74. The van der Waals surface area contributed by atoms with Gasteiger partial charge < -0.3 is 14.5 Å². The molecule has 0 spiro atoms. The highest BCUT2D eigenvalue weighted by Crippen LogP contribution is 2.13. The lowest BCUT2D eigenvalue weighted by molar-refractivity contribution is -0.142. The minimum absolute atomic E-state index is 0.105. The number of carbonyl (C=O) groups is 2. The molecule has 1 aromatic heterocycles. The van der Waals surface area contributed by atoms with Crippen LogP contribution in [0.4, 0.5) is 0 Å². The van der Waals surface area contributed by atoms with Crippen molar-refractivity contribution in [2.45, 2.75) is 33.1 Å². The van der Waals surface area contributed by atoms with Crippen molar-refractivity contribution in [1.82, 2.24) is 4.98 Å². The third kappa shape index (κ3) is 5.42. The number of aryl methyl sites for hydroxylation is 1. The number of unbranched alkanes of at least 4 members (excludes halogenated alkanes) is 1. The number of rotatable bonds is 7. The molecule has 5 nitrogen and oxygen atoms in total. The lowest BCUT2D eigenvalue weighted by Crippen LogP contribution is -2.15. The van der Waals surface area contributed by atoms with E-state index in [1.54, 1.807) is 12.3 Å². The van der Waals surface area contributed by atoms with Gasteiger partial charge in [0.05, 0.1) is 13.0 Å². The molecule has 0 radical (unpaired) electrons. The third-order valence-electron chi connectivity index (χ3n) is 2.41. The molecular weight excluding hydrogens is 246 g/mol. The van der Waals surface area contributed by atoms with E-state index in [0.717, 1.165) is 18.5 Å². The summed E-state index contributed by atoms with van der Waals surface area (Å²) in [6.07, 6.45) is 3.14. The fraction of sp³-hybridized carbons (Fsp3) is 0.429. The largest absolute Gasteiger partial charge is 0.462 e. The first-order valence-corrected chi connectivity index (χ1v) is 6.23. The van der Waals surface area contributed by atoms with Crippen LogP contribution in [-0.2, 0) is 14.3 Å². The van der Waals surface area contributed by atoms with E-state index in [0.29, 0.717) is 12.4 Å². The summed E-state index contributed by atoms with van der Waals surface area (Å²) in [5, 5.41) is 0. The standard InChI is InChI=1S/C14H19NO4/c1-4-5-6-18-14(17)10(2)7-13(16)19-12-8-11(3)15-9-12/h8-9,15H,2,4-7H2,1,3H3. The molecular formula is C14H19NO4. The minimum atomic E-state index is -0.546. The molecule has 104 valence electrons. The van der Waals surface area contributed by atoms with Gasteiger partial charge in [-0.15, -0.1) is 0 Å². The van der Waals surface area contributed by atoms with E-state index in [4.69, 9.17) is 9.47 Å². The first-order chi connectivity index (χ1) is 9.02. The Morgan fingerprint density at radius 2 is 2.16 bits per heavy atom. The van der Waals surface area contributed by atoms with Crippen LogP contribution < -0.4 is 4.74 Å². The molecule has 0 aliphatic heterocycles. The van der Waals surface area contributed by atoms with Crippen LogP contribution >= 0.6 is 0 Å². The molecule has 0 saturated heterocycles. The molecule has 0 atom stereocenters. The zero-order chi connectivity index (χ0) is 14.3. The fourth-order valence-corrected chi connectivity index (χ4v) is 1.37. The molecule has 0 fully saturated rings. The first kappa shape index (κ1) is 15.0. The maximum absolute atomic E-state index is 11.6. The summed E-state index contributed by atoms with van der Waals surface area (Å²) in [6, 6.07) is 1.69. The molecule has 1 heterocycles. The fourth-order valence-electron chi connectivity index (χ4n) is 1.37. The first-order valence-electron chi connectivity index (χ1n) is 6.23. The Kier molecular flexibility index (Phi) is 5.85. The number of nitrogens with one attached hydrogen (secondary N) is 1. The highest BCUT2D eigenvalue weighted by Gasteiger charge is 2.15. The summed E-state index contributed by atoms with van der Waals surface area (Å²) in [6.45, 7) is 7.73.